The van der Waals surface area contributed by atoms with Gasteiger partial charge in [0, 0.05) is 5.56 Å². The fourth-order valence-electron chi connectivity index (χ4n) is 2.34. The topological polar surface area (TPSA) is 33.0 Å². The van der Waals surface area contributed by atoms with E-state index >= 15 is 0 Å². The average Bonchev–Trinajstić information content (AvgIpc) is 2.39. The molecule has 3 heteroatoms. The van der Waals surface area contributed by atoms with Crippen molar-refractivity contribution < 1.29 is 9.13 Å². The summed E-state index contributed by atoms with van der Waals surface area (Å²) in [5.41, 5.74) is 0.885. The fraction of sp³-hybridized carbons (Fsp3) is 0.533. The van der Waals surface area contributed by atoms with E-state index in [1.165, 1.54) is 18.9 Å². The van der Waals surface area contributed by atoms with Crippen LogP contribution in [0.4, 0.5) is 4.39 Å². The lowest BCUT2D eigenvalue weighted by Crippen LogP contribution is -2.20. The van der Waals surface area contributed by atoms with Gasteiger partial charge >= 0.3 is 0 Å². The highest BCUT2D eigenvalue weighted by atomic mass is 19.1. The Morgan fingerprint density at radius 3 is 2.67 bits per heavy atom. The smallest absolute Gasteiger partial charge is 0.130 e. The van der Waals surface area contributed by atoms with E-state index in [1.807, 2.05) is 6.07 Å². The monoisotopic (exact) mass is 247 g/mol. The molecule has 96 valence electrons. The predicted octanol–water partition coefficient (Wildman–Crippen LogP) is 3.79. The van der Waals surface area contributed by atoms with Crippen LogP contribution in [0.1, 0.15) is 43.7 Å². The number of benzene rings is 1. The number of hydrogen-bond acceptors (Lipinski definition) is 2. The molecule has 0 unspecified atom stereocenters. The molecular weight excluding hydrogens is 229 g/mol. The molecule has 0 saturated heterocycles. The SMILES string of the molecule is CC1CCC(OCc2ccc(C#N)cc2F)CC1. The summed E-state index contributed by atoms with van der Waals surface area (Å²) in [7, 11) is 0. The van der Waals surface area contributed by atoms with Crippen LogP contribution in [0, 0.1) is 23.1 Å². The highest BCUT2D eigenvalue weighted by molar-refractivity contribution is 5.32. The molecule has 1 aliphatic carbocycles. The van der Waals surface area contributed by atoms with Gasteiger partial charge in [-0.2, -0.15) is 5.26 Å². The van der Waals surface area contributed by atoms with Gasteiger partial charge in [-0.25, -0.2) is 4.39 Å². The zero-order valence-corrected chi connectivity index (χ0v) is 10.7. The largest absolute Gasteiger partial charge is 0.373 e. The summed E-state index contributed by atoms with van der Waals surface area (Å²) in [6, 6.07) is 6.46. The summed E-state index contributed by atoms with van der Waals surface area (Å²) in [5, 5.41) is 8.66. The quantitative estimate of drug-likeness (QED) is 0.814. The summed E-state index contributed by atoms with van der Waals surface area (Å²) in [4.78, 5) is 0. The molecule has 2 nitrogen and oxygen atoms in total. The van der Waals surface area contributed by atoms with Gasteiger partial charge < -0.3 is 4.74 Å². The lowest BCUT2D eigenvalue weighted by atomic mass is 9.89. The first-order valence-electron chi connectivity index (χ1n) is 6.49. The maximum atomic E-state index is 13.6. The molecule has 0 radical (unpaired) electrons. The third-order valence-corrected chi connectivity index (χ3v) is 3.62. The number of halogens is 1. The third-order valence-electron chi connectivity index (χ3n) is 3.62. The normalized spacial score (nSPS) is 23.6. The van der Waals surface area contributed by atoms with Crippen LogP contribution in [0.3, 0.4) is 0 Å². The summed E-state index contributed by atoms with van der Waals surface area (Å²) in [6.45, 7) is 2.56. The van der Waals surface area contributed by atoms with Crippen molar-refractivity contribution in [2.24, 2.45) is 5.92 Å². The molecule has 0 amide bonds. The second-order valence-electron chi connectivity index (χ2n) is 5.11. The molecule has 0 aliphatic heterocycles. The Morgan fingerprint density at radius 1 is 1.33 bits per heavy atom. The lowest BCUT2D eigenvalue weighted by molar-refractivity contribution is 0.00759. The molecule has 1 fully saturated rings. The molecule has 18 heavy (non-hydrogen) atoms. The van der Waals surface area contributed by atoms with Crippen molar-refractivity contribution in [3.05, 3.63) is 35.1 Å². The Balaban J connectivity index is 1.89. The van der Waals surface area contributed by atoms with Crippen LogP contribution < -0.4 is 0 Å². The number of hydrogen-bond donors (Lipinski definition) is 0. The highest BCUT2D eigenvalue weighted by Crippen LogP contribution is 2.26. The minimum Gasteiger partial charge on any atom is -0.373 e. The van der Waals surface area contributed by atoms with Crippen LogP contribution >= 0.6 is 0 Å². The number of nitriles is 1. The van der Waals surface area contributed by atoms with Crippen molar-refractivity contribution in [3.63, 3.8) is 0 Å². The van der Waals surface area contributed by atoms with Crippen LogP contribution in [0.2, 0.25) is 0 Å². The van der Waals surface area contributed by atoms with Gasteiger partial charge in [0.2, 0.25) is 0 Å². The first kappa shape index (κ1) is 13.0. The number of nitrogens with zero attached hydrogens (tertiary/aromatic N) is 1. The van der Waals surface area contributed by atoms with E-state index in [4.69, 9.17) is 10.00 Å². The van der Waals surface area contributed by atoms with Crippen molar-refractivity contribution in [2.75, 3.05) is 0 Å². The van der Waals surface area contributed by atoms with E-state index in [2.05, 4.69) is 6.92 Å². The lowest BCUT2D eigenvalue weighted by Gasteiger charge is -2.26. The van der Waals surface area contributed by atoms with E-state index in [0.717, 1.165) is 18.8 Å². The van der Waals surface area contributed by atoms with Gasteiger partial charge in [0.25, 0.3) is 0 Å². The first-order chi connectivity index (χ1) is 8.69. The average molecular weight is 247 g/mol. The van der Waals surface area contributed by atoms with Crippen LogP contribution in [0.15, 0.2) is 18.2 Å². The maximum absolute atomic E-state index is 13.6. The van der Waals surface area contributed by atoms with Crippen molar-refractivity contribution >= 4 is 0 Å². The van der Waals surface area contributed by atoms with Crippen molar-refractivity contribution in [2.45, 2.75) is 45.3 Å². The second-order valence-corrected chi connectivity index (χ2v) is 5.11. The van der Waals surface area contributed by atoms with E-state index in [-0.39, 0.29) is 11.9 Å². The highest BCUT2D eigenvalue weighted by Gasteiger charge is 2.18. The van der Waals surface area contributed by atoms with E-state index in [0.29, 0.717) is 17.7 Å². The standard InChI is InChI=1S/C15H18FNO/c1-11-2-6-14(7-3-11)18-10-13-5-4-12(9-17)8-15(13)16/h4-5,8,11,14H,2-3,6-7,10H2,1H3. The van der Waals surface area contributed by atoms with Gasteiger partial charge in [-0.05, 0) is 43.7 Å². The summed E-state index contributed by atoms with van der Waals surface area (Å²) < 4.78 is 19.4. The van der Waals surface area contributed by atoms with Gasteiger partial charge in [0.15, 0.2) is 0 Å². The molecule has 1 aromatic carbocycles. The minimum absolute atomic E-state index is 0.260. The molecule has 0 spiro atoms. The fourth-order valence-corrected chi connectivity index (χ4v) is 2.34. The Kier molecular flexibility index (Phi) is 4.33. The van der Waals surface area contributed by atoms with Gasteiger partial charge in [-0.15, -0.1) is 0 Å². The van der Waals surface area contributed by atoms with Crippen LogP contribution in [-0.4, -0.2) is 6.10 Å². The maximum Gasteiger partial charge on any atom is 0.130 e. The second kappa shape index (κ2) is 5.97. The number of ether oxygens (including phenoxy) is 1. The van der Waals surface area contributed by atoms with Crippen LogP contribution in [-0.2, 0) is 11.3 Å². The Morgan fingerprint density at radius 2 is 2.06 bits per heavy atom. The van der Waals surface area contributed by atoms with Crippen molar-refractivity contribution in [3.8, 4) is 6.07 Å². The minimum atomic E-state index is -0.349. The van der Waals surface area contributed by atoms with E-state index < -0.39 is 0 Å². The molecule has 0 atom stereocenters. The molecular formula is C15H18FNO. The summed E-state index contributed by atoms with van der Waals surface area (Å²) >= 11 is 0. The van der Waals surface area contributed by atoms with Crippen LogP contribution in [0.25, 0.3) is 0 Å². The first-order valence-corrected chi connectivity index (χ1v) is 6.49. The van der Waals surface area contributed by atoms with E-state index in [1.54, 1.807) is 12.1 Å². The Hall–Kier alpha value is -1.40. The van der Waals surface area contributed by atoms with Gasteiger partial charge in [-0.1, -0.05) is 13.0 Å². The molecule has 0 heterocycles. The number of rotatable bonds is 3. The summed E-state index contributed by atoms with van der Waals surface area (Å²) in [5.74, 6) is 0.440. The van der Waals surface area contributed by atoms with Gasteiger partial charge in [-0.3, -0.25) is 0 Å². The zero-order chi connectivity index (χ0) is 13.0. The van der Waals surface area contributed by atoms with Crippen LogP contribution in [0.5, 0.6) is 0 Å². The Bertz CT molecular complexity index is 444. The molecule has 0 aromatic heterocycles. The van der Waals surface area contributed by atoms with Gasteiger partial charge in [0.05, 0.1) is 24.3 Å². The molecule has 0 bridgehead atoms. The van der Waals surface area contributed by atoms with Crippen molar-refractivity contribution in [1.82, 2.24) is 0 Å². The van der Waals surface area contributed by atoms with Crippen molar-refractivity contribution in [1.29, 1.82) is 5.26 Å². The van der Waals surface area contributed by atoms with E-state index in [9.17, 15) is 4.39 Å². The molecule has 0 N–H and O–H groups in total. The summed E-state index contributed by atoms with van der Waals surface area (Å²) in [6.07, 6.45) is 4.79. The molecule has 1 saturated carbocycles. The Labute approximate surface area is 107 Å². The van der Waals surface area contributed by atoms with Gasteiger partial charge in [0.1, 0.15) is 5.82 Å². The predicted molar refractivity (Wildman–Crippen MR) is 67.3 cm³/mol. The molecule has 1 aliphatic rings. The third kappa shape index (κ3) is 3.30. The molecule has 2 rings (SSSR count). The molecule has 1 aromatic rings. The zero-order valence-electron chi connectivity index (χ0n) is 10.7.